The Morgan fingerprint density at radius 2 is 1.89 bits per heavy atom. The van der Waals surface area contributed by atoms with Gasteiger partial charge in [0.15, 0.2) is 0 Å². The molecule has 3 aromatic rings. The molecule has 5 rings (SSSR count). The molecule has 2 atom stereocenters. The SMILES string of the molecule is C/C(=C\c1ccc2c(c1)N(S(=O)(=O)c1cccc(C(F)(F)F)c1)C[C@H](CCN1CCC[C@H]1C(=O)O)O2)c1c(F)cccc1Cl. The van der Waals surface area contributed by atoms with Crippen LogP contribution in [-0.2, 0) is 21.0 Å². The van der Waals surface area contributed by atoms with Crippen LogP contribution in [0, 0.1) is 5.82 Å². The number of rotatable bonds is 8. The molecule has 0 aliphatic carbocycles. The zero-order valence-corrected chi connectivity index (χ0v) is 25.1. The lowest BCUT2D eigenvalue weighted by molar-refractivity contribution is -0.142. The minimum Gasteiger partial charge on any atom is -0.486 e. The van der Waals surface area contributed by atoms with Crippen LogP contribution in [0.3, 0.4) is 0 Å². The van der Waals surface area contributed by atoms with Crippen molar-refractivity contribution in [1.82, 2.24) is 4.90 Å². The quantitative estimate of drug-likeness (QED) is 0.209. The van der Waals surface area contributed by atoms with Crippen LogP contribution in [0.15, 0.2) is 65.6 Å². The van der Waals surface area contributed by atoms with E-state index in [9.17, 15) is 35.9 Å². The van der Waals surface area contributed by atoms with Crippen LogP contribution in [0.1, 0.15) is 42.9 Å². The zero-order valence-electron chi connectivity index (χ0n) is 23.5. The molecular weight excluding hydrogens is 624 g/mol. The molecule has 0 bridgehead atoms. The maximum absolute atomic E-state index is 14.5. The number of halogens is 5. The molecule has 0 spiro atoms. The first-order valence-corrected chi connectivity index (χ1v) is 15.7. The molecule has 3 aromatic carbocycles. The highest BCUT2D eigenvalue weighted by molar-refractivity contribution is 7.92. The Morgan fingerprint density at radius 3 is 2.59 bits per heavy atom. The molecule has 0 radical (unpaired) electrons. The first-order chi connectivity index (χ1) is 20.8. The van der Waals surface area contributed by atoms with E-state index in [-0.39, 0.29) is 35.0 Å². The van der Waals surface area contributed by atoms with Gasteiger partial charge in [-0.3, -0.25) is 14.0 Å². The third kappa shape index (κ3) is 6.57. The van der Waals surface area contributed by atoms with Crippen molar-refractivity contribution in [3.8, 4) is 5.75 Å². The Balaban J connectivity index is 1.52. The fraction of sp³-hybridized carbons (Fsp3) is 0.323. The summed E-state index contributed by atoms with van der Waals surface area (Å²) in [6, 6.07) is 11.9. The summed E-state index contributed by atoms with van der Waals surface area (Å²) in [5.74, 6) is -1.28. The Labute approximate surface area is 257 Å². The van der Waals surface area contributed by atoms with Crippen molar-refractivity contribution < 1.29 is 40.6 Å². The highest BCUT2D eigenvalue weighted by Gasteiger charge is 2.38. The highest BCUT2D eigenvalue weighted by Crippen LogP contribution is 2.40. The average molecular weight is 653 g/mol. The third-order valence-corrected chi connectivity index (χ3v) is 9.88. The molecule has 0 unspecified atom stereocenters. The number of carboxylic acid groups (broad SMARTS) is 1. The van der Waals surface area contributed by atoms with Gasteiger partial charge in [0.25, 0.3) is 10.0 Å². The van der Waals surface area contributed by atoms with E-state index in [1.54, 1.807) is 36.1 Å². The van der Waals surface area contributed by atoms with Crippen molar-refractivity contribution in [3.05, 3.63) is 88.2 Å². The maximum atomic E-state index is 14.5. The largest absolute Gasteiger partial charge is 0.486 e. The monoisotopic (exact) mass is 652 g/mol. The zero-order chi connectivity index (χ0) is 31.8. The number of carboxylic acids is 1. The lowest BCUT2D eigenvalue weighted by atomic mass is 10.0. The minimum absolute atomic E-state index is 0.101. The molecule has 13 heteroatoms. The molecule has 7 nitrogen and oxygen atoms in total. The van der Waals surface area contributed by atoms with Crippen LogP contribution in [0.25, 0.3) is 11.6 Å². The molecule has 2 aliphatic rings. The van der Waals surface area contributed by atoms with E-state index >= 15 is 0 Å². The van der Waals surface area contributed by atoms with Crippen LogP contribution < -0.4 is 9.04 Å². The van der Waals surface area contributed by atoms with E-state index in [1.807, 2.05) is 0 Å². The van der Waals surface area contributed by atoms with Crippen LogP contribution in [0.4, 0.5) is 23.2 Å². The normalized spacial score (nSPS) is 19.5. The summed E-state index contributed by atoms with van der Waals surface area (Å²) < 4.78 is 90.1. The van der Waals surface area contributed by atoms with E-state index in [1.165, 1.54) is 18.2 Å². The van der Waals surface area contributed by atoms with Crippen molar-refractivity contribution in [2.24, 2.45) is 0 Å². The topological polar surface area (TPSA) is 87.2 Å². The van der Waals surface area contributed by atoms with Crippen molar-refractivity contribution in [2.75, 3.05) is 23.9 Å². The third-order valence-electron chi connectivity index (χ3n) is 7.79. The summed E-state index contributed by atoms with van der Waals surface area (Å²) in [5.41, 5.74) is 0.121. The predicted molar refractivity (Wildman–Crippen MR) is 159 cm³/mol. The van der Waals surface area contributed by atoms with Crippen molar-refractivity contribution >= 4 is 44.9 Å². The fourth-order valence-corrected chi connectivity index (χ4v) is 7.49. The van der Waals surface area contributed by atoms with Crippen molar-refractivity contribution in [1.29, 1.82) is 0 Å². The van der Waals surface area contributed by atoms with E-state index in [4.69, 9.17) is 16.3 Å². The molecule has 1 fully saturated rings. The summed E-state index contributed by atoms with van der Waals surface area (Å²) in [5, 5.41) is 9.72. The predicted octanol–water partition coefficient (Wildman–Crippen LogP) is 6.95. The van der Waals surface area contributed by atoms with E-state index in [2.05, 4.69) is 0 Å². The second kappa shape index (κ2) is 12.4. The number of fused-ring (bicyclic) bond motifs is 1. The smallest absolute Gasteiger partial charge is 0.416 e. The van der Waals surface area contributed by atoms with Gasteiger partial charge in [-0.2, -0.15) is 13.2 Å². The number of ether oxygens (including phenoxy) is 1. The number of benzene rings is 3. The Hall–Kier alpha value is -3.61. The van der Waals surface area contributed by atoms with Crippen molar-refractivity contribution in [2.45, 2.75) is 49.4 Å². The number of carbonyl (C=O) groups is 1. The molecule has 1 N–H and O–H groups in total. The number of nitrogens with zero attached hydrogens (tertiary/aromatic N) is 2. The number of aliphatic carboxylic acids is 1. The number of sulfonamides is 1. The number of allylic oxidation sites excluding steroid dienone is 1. The Bertz CT molecular complexity index is 1690. The van der Waals surface area contributed by atoms with Crippen LogP contribution in [0.2, 0.25) is 5.02 Å². The van der Waals surface area contributed by atoms with Gasteiger partial charge in [-0.25, -0.2) is 12.8 Å². The van der Waals surface area contributed by atoms with Crippen LogP contribution in [0.5, 0.6) is 5.75 Å². The molecule has 0 aromatic heterocycles. The molecule has 0 saturated carbocycles. The Kier molecular flexibility index (Phi) is 8.97. The van der Waals surface area contributed by atoms with Gasteiger partial charge >= 0.3 is 12.1 Å². The molecule has 2 aliphatic heterocycles. The summed E-state index contributed by atoms with van der Waals surface area (Å²) in [6.07, 6.45) is -2.34. The molecule has 1 saturated heterocycles. The lowest BCUT2D eigenvalue weighted by Crippen LogP contribution is -2.45. The standard InChI is InChI=1S/C31H29ClF4N2O5S/c1-19(29-24(32)7-3-8-25(29)33)15-20-10-11-28-27(16-20)38(44(41,42)23-6-2-5-21(17-23)31(34,35)36)18-22(43-28)12-14-37-13-4-9-26(37)30(39)40/h2-3,5-8,10-11,15-17,22,26H,4,9,12-14,18H2,1H3,(H,39,40)/b19-15+/t22-,26-/m0/s1. The first-order valence-electron chi connectivity index (χ1n) is 13.9. The summed E-state index contributed by atoms with van der Waals surface area (Å²) in [7, 11) is -4.52. The lowest BCUT2D eigenvalue weighted by Gasteiger charge is -2.36. The van der Waals surface area contributed by atoms with Crippen molar-refractivity contribution in [3.63, 3.8) is 0 Å². The van der Waals surface area contributed by atoms with Gasteiger partial charge in [0.2, 0.25) is 0 Å². The van der Waals surface area contributed by atoms with Gasteiger partial charge < -0.3 is 9.84 Å². The van der Waals surface area contributed by atoms with E-state index in [0.717, 1.165) is 28.9 Å². The van der Waals surface area contributed by atoms with E-state index in [0.29, 0.717) is 36.7 Å². The summed E-state index contributed by atoms with van der Waals surface area (Å²) in [6.45, 7) is 2.34. The molecule has 0 amide bonds. The van der Waals surface area contributed by atoms with Gasteiger partial charge in [-0.05, 0) is 86.3 Å². The maximum Gasteiger partial charge on any atom is 0.416 e. The van der Waals surface area contributed by atoms with Gasteiger partial charge in [0.05, 0.1) is 27.7 Å². The van der Waals surface area contributed by atoms with Gasteiger partial charge in [0.1, 0.15) is 23.7 Å². The number of alkyl halides is 3. The molecular formula is C31H29ClF4N2O5S. The first kappa shape index (κ1) is 31.8. The van der Waals surface area contributed by atoms with Crippen LogP contribution in [-0.4, -0.2) is 56.2 Å². The minimum atomic E-state index is -4.75. The number of hydrogen-bond acceptors (Lipinski definition) is 5. The van der Waals surface area contributed by atoms with E-state index < -0.39 is 50.6 Å². The second-order valence-electron chi connectivity index (χ2n) is 10.8. The summed E-state index contributed by atoms with van der Waals surface area (Å²) in [4.78, 5) is 12.9. The summed E-state index contributed by atoms with van der Waals surface area (Å²) >= 11 is 6.22. The second-order valence-corrected chi connectivity index (χ2v) is 13.0. The molecule has 234 valence electrons. The molecule has 44 heavy (non-hydrogen) atoms. The van der Waals surface area contributed by atoms with Gasteiger partial charge in [-0.1, -0.05) is 35.9 Å². The molecule has 2 heterocycles. The van der Waals surface area contributed by atoms with Gasteiger partial charge in [-0.15, -0.1) is 0 Å². The Morgan fingerprint density at radius 1 is 1.14 bits per heavy atom. The number of likely N-dealkylation sites (tertiary alicyclic amines) is 1. The van der Waals surface area contributed by atoms with Gasteiger partial charge in [0, 0.05) is 12.1 Å². The highest BCUT2D eigenvalue weighted by atomic mass is 35.5. The number of hydrogen-bond donors (Lipinski definition) is 1. The fourth-order valence-electron chi connectivity index (χ4n) is 5.64. The van der Waals surface area contributed by atoms with Crippen LogP contribution >= 0.6 is 11.6 Å². The average Bonchev–Trinajstić information content (AvgIpc) is 3.44. The number of anilines is 1.